The first-order valence-corrected chi connectivity index (χ1v) is 6.36. The molecule has 0 fully saturated rings. The molecule has 16 heavy (non-hydrogen) atoms. The Hall–Kier alpha value is -1.06. The van der Waals surface area contributed by atoms with Gasteiger partial charge in [-0.05, 0) is 6.42 Å². The fourth-order valence-electron chi connectivity index (χ4n) is 1.77. The lowest BCUT2D eigenvalue weighted by molar-refractivity contribution is -0.762. The highest BCUT2D eigenvalue weighted by atomic mass is 16.6. The summed E-state index contributed by atoms with van der Waals surface area (Å²) in [5.74, 6) is -0.362. The van der Waals surface area contributed by atoms with Gasteiger partial charge in [-0.25, -0.2) is 0 Å². The van der Waals surface area contributed by atoms with Crippen molar-refractivity contribution in [1.29, 1.82) is 0 Å². The van der Waals surface area contributed by atoms with Crippen LogP contribution in [0.3, 0.4) is 0 Å². The fraction of sp³-hybridized carbons (Fsp3) is 0.833. The van der Waals surface area contributed by atoms with E-state index in [0.717, 1.165) is 13.0 Å². The molecule has 4 nitrogen and oxygen atoms in total. The molecule has 0 saturated heterocycles. The third-order valence-electron chi connectivity index (χ3n) is 2.73. The van der Waals surface area contributed by atoms with E-state index in [2.05, 4.69) is 16.7 Å². The standard InChI is InChI=1S/C12H22N2O2/c1-2-3-4-5-6-7-8-9-10-14-11-12(15)16-13-14/h11H,2-10H2,1H3. The largest absolute Gasteiger partial charge is 0.539 e. The lowest BCUT2D eigenvalue weighted by Gasteiger charge is -1.98. The molecule has 0 bridgehead atoms. The number of hydrogen-bond donors (Lipinski definition) is 0. The zero-order valence-corrected chi connectivity index (χ0v) is 10.2. The predicted molar refractivity (Wildman–Crippen MR) is 58.8 cm³/mol. The first-order valence-electron chi connectivity index (χ1n) is 6.36. The number of aryl methyl sites for hydroxylation is 1. The van der Waals surface area contributed by atoms with Gasteiger partial charge in [0.25, 0.3) is 0 Å². The van der Waals surface area contributed by atoms with Crippen LogP contribution in [0, 0.1) is 0 Å². The van der Waals surface area contributed by atoms with Crippen molar-refractivity contribution < 1.29 is 14.3 Å². The summed E-state index contributed by atoms with van der Waals surface area (Å²) in [4.78, 5) is 0. The Kier molecular flexibility index (Phi) is 6.61. The van der Waals surface area contributed by atoms with E-state index in [9.17, 15) is 5.11 Å². The van der Waals surface area contributed by atoms with Crippen molar-refractivity contribution in [2.75, 3.05) is 0 Å². The topological polar surface area (TPSA) is 53.0 Å². The van der Waals surface area contributed by atoms with Crippen LogP contribution in [0.15, 0.2) is 10.7 Å². The van der Waals surface area contributed by atoms with Crippen molar-refractivity contribution in [1.82, 2.24) is 5.27 Å². The molecule has 1 aromatic rings. The molecule has 0 amide bonds. The molecule has 0 atom stereocenters. The minimum Gasteiger partial charge on any atom is -0.539 e. The Morgan fingerprint density at radius 3 is 2.31 bits per heavy atom. The Morgan fingerprint density at radius 2 is 1.75 bits per heavy atom. The molecule has 0 saturated carbocycles. The van der Waals surface area contributed by atoms with Crippen molar-refractivity contribution in [3.05, 3.63) is 6.20 Å². The molecule has 0 aliphatic rings. The van der Waals surface area contributed by atoms with E-state index >= 15 is 0 Å². The van der Waals surface area contributed by atoms with Crippen LogP contribution < -0.4 is 9.79 Å². The van der Waals surface area contributed by atoms with Gasteiger partial charge in [0.05, 0.1) is 5.27 Å². The monoisotopic (exact) mass is 226 g/mol. The first-order chi connectivity index (χ1) is 7.83. The molecular weight excluding hydrogens is 204 g/mol. The lowest BCUT2D eigenvalue weighted by atomic mass is 10.1. The van der Waals surface area contributed by atoms with Crippen LogP contribution in [-0.4, -0.2) is 5.27 Å². The van der Waals surface area contributed by atoms with Crippen LogP contribution in [-0.2, 0) is 6.54 Å². The summed E-state index contributed by atoms with van der Waals surface area (Å²) in [5, 5.41) is 14.3. The van der Waals surface area contributed by atoms with Crippen molar-refractivity contribution in [2.45, 2.75) is 64.8 Å². The highest BCUT2D eigenvalue weighted by Crippen LogP contribution is 2.08. The molecule has 0 unspecified atom stereocenters. The van der Waals surface area contributed by atoms with Crippen LogP contribution >= 0.6 is 0 Å². The summed E-state index contributed by atoms with van der Waals surface area (Å²) >= 11 is 0. The maximum Gasteiger partial charge on any atom is 0.221 e. The van der Waals surface area contributed by atoms with Crippen molar-refractivity contribution >= 4 is 0 Å². The van der Waals surface area contributed by atoms with Gasteiger partial charge < -0.3 is 9.63 Å². The molecule has 4 heteroatoms. The van der Waals surface area contributed by atoms with Crippen LogP contribution in [0.2, 0.25) is 0 Å². The third kappa shape index (κ3) is 5.73. The Labute approximate surface area is 97.2 Å². The van der Waals surface area contributed by atoms with E-state index in [4.69, 9.17) is 0 Å². The maximum absolute atomic E-state index is 10.7. The van der Waals surface area contributed by atoms with Gasteiger partial charge in [0.1, 0.15) is 5.95 Å². The molecule has 1 rings (SSSR count). The van der Waals surface area contributed by atoms with Gasteiger partial charge in [-0.2, -0.15) is 0 Å². The molecule has 0 aliphatic heterocycles. The number of nitrogens with zero attached hydrogens (tertiary/aromatic N) is 2. The third-order valence-corrected chi connectivity index (χ3v) is 2.73. The van der Waals surface area contributed by atoms with E-state index in [0.29, 0.717) is 0 Å². The molecular formula is C12H22N2O2. The molecule has 1 heterocycles. The molecule has 0 aromatic carbocycles. The van der Waals surface area contributed by atoms with E-state index < -0.39 is 0 Å². The van der Waals surface area contributed by atoms with E-state index in [1.807, 2.05) is 0 Å². The molecule has 92 valence electrons. The SMILES string of the molecule is CCCCCCCCCC[n+]1cc([O-])on1. The molecule has 1 aromatic heterocycles. The smallest absolute Gasteiger partial charge is 0.221 e. The normalized spacial score (nSPS) is 10.8. The van der Waals surface area contributed by atoms with Crippen LogP contribution in [0.25, 0.3) is 0 Å². The van der Waals surface area contributed by atoms with Gasteiger partial charge >= 0.3 is 0 Å². The molecule has 0 radical (unpaired) electrons. The summed E-state index contributed by atoms with van der Waals surface area (Å²) in [6.45, 7) is 3.03. The van der Waals surface area contributed by atoms with Crippen molar-refractivity contribution in [3.63, 3.8) is 0 Å². The van der Waals surface area contributed by atoms with Gasteiger partial charge in [0.15, 0.2) is 6.54 Å². The summed E-state index contributed by atoms with van der Waals surface area (Å²) in [6, 6.07) is 0. The maximum atomic E-state index is 10.7. The fourth-order valence-corrected chi connectivity index (χ4v) is 1.77. The minimum absolute atomic E-state index is 0.362. The van der Waals surface area contributed by atoms with Crippen molar-refractivity contribution in [3.8, 4) is 5.95 Å². The van der Waals surface area contributed by atoms with E-state index in [1.165, 1.54) is 51.1 Å². The van der Waals surface area contributed by atoms with Crippen molar-refractivity contribution in [2.24, 2.45) is 0 Å². The van der Waals surface area contributed by atoms with E-state index in [-0.39, 0.29) is 5.95 Å². The summed E-state index contributed by atoms with van der Waals surface area (Å²) < 4.78 is 6.03. The highest BCUT2D eigenvalue weighted by Gasteiger charge is 2.02. The van der Waals surface area contributed by atoms with Gasteiger partial charge in [0, 0.05) is 6.42 Å². The van der Waals surface area contributed by atoms with Crippen LogP contribution in [0.1, 0.15) is 58.3 Å². The Balaban J connectivity index is 1.88. The average molecular weight is 226 g/mol. The van der Waals surface area contributed by atoms with Crippen LogP contribution in [0.4, 0.5) is 0 Å². The summed E-state index contributed by atoms with van der Waals surface area (Å²) in [6.07, 6.45) is 11.7. The predicted octanol–water partition coefficient (Wildman–Crippen LogP) is 2.18. The second-order valence-corrected chi connectivity index (χ2v) is 4.26. The van der Waals surface area contributed by atoms with Gasteiger partial charge in [-0.3, -0.25) is 0 Å². The summed E-state index contributed by atoms with van der Waals surface area (Å²) in [5.41, 5.74) is 0. The number of rotatable bonds is 9. The first kappa shape index (κ1) is 13.0. The molecule has 0 spiro atoms. The highest BCUT2D eigenvalue weighted by molar-refractivity contribution is 4.80. The summed E-state index contributed by atoms with van der Waals surface area (Å²) in [7, 11) is 0. The second kappa shape index (κ2) is 8.13. The number of hydrogen-bond acceptors (Lipinski definition) is 3. The quantitative estimate of drug-likeness (QED) is 0.479. The number of unbranched alkanes of at least 4 members (excludes halogenated alkanes) is 7. The minimum atomic E-state index is -0.362. The van der Waals surface area contributed by atoms with Gasteiger partial charge in [-0.1, -0.05) is 50.1 Å². The zero-order valence-electron chi connectivity index (χ0n) is 10.2. The molecule has 0 N–H and O–H groups in total. The Bertz CT molecular complexity index is 274. The second-order valence-electron chi connectivity index (χ2n) is 4.26. The average Bonchev–Trinajstić information content (AvgIpc) is 2.68. The molecule has 0 aliphatic carbocycles. The van der Waals surface area contributed by atoms with Crippen LogP contribution in [0.5, 0.6) is 5.95 Å². The van der Waals surface area contributed by atoms with Gasteiger partial charge in [-0.15, -0.1) is 0 Å². The zero-order chi connectivity index (χ0) is 11.6. The van der Waals surface area contributed by atoms with Gasteiger partial charge in [0.2, 0.25) is 6.20 Å². The van der Waals surface area contributed by atoms with E-state index in [1.54, 1.807) is 4.68 Å². The Morgan fingerprint density at radius 1 is 1.12 bits per heavy atom. The number of aromatic nitrogens is 2. The lowest BCUT2D eigenvalue weighted by Crippen LogP contribution is -2.34.